The third-order valence-electron chi connectivity index (χ3n) is 2.35. The fraction of sp³-hybridized carbons (Fsp3) is 1.00. The molecule has 0 rings (SSSR count). The van der Waals surface area contributed by atoms with Crippen molar-refractivity contribution in [3.8, 4) is 0 Å². The Morgan fingerprint density at radius 3 is 0.750 bits per heavy atom. The molecule has 0 spiro atoms. The number of rotatable bonds is 3. The van der Waals surface area contributed by atoms with E-state index in [1.807, 2.05) is 0 Å². The molecule has 0 aromatic rings. The van der Waals surface area contributed by atoms with E-state index in [0.29, 0.717) is 0 Å². The molecule has 0 saturated heterocycles. The Hall–Kier alpha value is 0.456. The number of alkyl halides is 9. The van der Waals surface area contributed by atoms with Crippen molar-refractivity contribution in [2.75, 3.05) is 0 Å². The summed E-state index contributed by atoms with van der Waals surface area (Å²) in [7, 11) is 0. The third-order valence-corrected chi connectivity index (χ3v) is 12.2. The predicted octanol–water partition coefficient (Wildman–Crippen LogP) is 5.33. The Morgan fingerprint density at radius 2 is 0.750 bits per heavy atom. The van der Waals surface area contributed by atoms with E-state index in [4.69, 9.17) is 0 Å². The Labute approximate surface area is 120 Å². The van der Waals surface area contributed by atoms with Crippen LogP contribution >= 0.6 is 0 Å². The molecule has 0 amide bonds. The summed E-state index contributed by atoms with van der Waals surface area (Å²) in [6.07, 6.45) is 0. The molecule has 11 heteroatoms. The van der Waals surface area contributed by atoms with Crippen LogP contribution in [0.4, 0.5) is 39.5 Å². The molecule has 0 bridgehead atoms. The monoisotopic (exact) mass is 442 g/mol. The SMILES string of the molecule is C[CH2][Ge]([CH2]C)[CH2]C.F[C](F)(F)[Ge]([C](F)(F)F)[C](F)(F)F. The minimum absolute atomic E-state index is 0.403. The summed E-state index contributed by atoms with van der Waals surface area (Å²) in [5, 5.41) is -14.0. The zero-order chi connectivity index (χ0) is 16.8. The minimum atomic E-state index is -7.10. The molecule has 0 aliphatic rings. The zero-order valence-electron chi connectivity index (χ0n) is 11.0. The van der Waals surface area contributed by atoms with Crippen LogP contribution in [0.5, 0.6) is 0 Å². The number of halogens is 9. The first-order valence-electron chi connectivity index (χ1n) is 5.63. The van der Waals surface area contributed by atoms with Crippen LogP contribution < -0.4 is 0 Å². The van der Waals surface area contributed by atoms with E-state index in [9.17, 15) is 39.5 Å². The zero-order valence-corrected chi connectivity index (χ0v) is 15.2. The van der Waals surface area contributed by atoms with Crippen molar-refractivity contribution in [1.29, 1.82) is 0 Å². The van der Waals surface area contributed by atoms with Crippen LogP contribution in [0.15, 0.2) is 0 Å². The predicted molar refractivity (Wildman–Crippen MR) is 61.1 cm³/mol. The van der Waals surface area contributed by atoms with Crippen LogP contribution in [0.2, 0.25) is 15.8 Å². The molecule has 2 radical (unpaired) electrons. The molecule has 122 valence electrons. The summed E-state index contributed by atoms with van der Waals surface area (Å²) in [5.74, 6) is 0. The van der Waals surface area contributed by atoms with Gasteiger partial charge in [-0.1, -0.05) is 0 Å². The van der Waals surface area contributed by atoms with Gasteiger partial charge in [0.15, 0.2) is 0 Å². The molecule has 0 unspecified atom stereocenters. The van der Waals surface area contributed by atoms with Gasteiger partial charge in [-0.15, -0.1) is 0 Å². The molecule has 0 nitrogen and oxygen atoms in total. The van der Waals surface area contributed by atoms with Crippen LogP contribution in [-0.4, -0.2) is 43.7 Å². The van der Waals surface area contributed by atoms with Crippen molar-refractivity contribution in [1.82, 2.24) is 0 Å². The first kappa shape index (κ1) is 22.7. The van der Waals surface area contributed by atoms with Gasteiger partial charge in [0.1, 0.15) is 0 Å². The van der Waals surface area contributed by atoms with E-state index >= 15 is 0 Å². The van der Waals surface area contributed by atoms with E-state index in [0.717, 1.165) is 0 Å². The molecule has 0 heterocycles. The summed E-state index contributed by atoms with van der Waals surface area (Å²) in [5.41, 5.74) is 0. The molecule has 0 fully saturated rings. The van der Waals surface area contributed by atoms with Gasteiger partial charge < -0.3 is 0 Å². The van der Waals surface area contributed by atoms with Crippen molar-refractivity contribution in [2.24, 2.45) is 0 Å². The van der Waals surface area contributed by atoms with E-state index in [1.165, 1.54) is 15.8 Å². The van der Waals surface area contributed by atoms with Crippen molar-refractivity contribution in [3.63, 3.8) is 0 Å². The number of hydrogen-bond acceptors (Lipinski definition) is 0. The van der Waals surface area contributed by atoms with E-state index in [-0.39, 0.29) is 0 Å². The van der Waals surface area contributed by atoms with Crippen molar-refractivity contribution < 1.29 is 39.5 Å². The van der Waals surface area contributed by atoms with Gasteiger partial charge in [0.25, 0.3) is 0 Å². The summed E-state index contributed by atoms with van der Waals surface area (Å²) < 4.78 is 102. The molecular weight excluding hydrogens is 424 g/mol. The Morgan fingerprint density at radius 1 is 0.550 bits per heavy atom. The molecule has 0 N–H and O–H groups in total. The standard InChI is InChI=1S/C6H15Ge.C3F9Ge/c1-4-7(5-2)6-3;4-1(5,6)13(2(7,8)9)3(10,11)12/h4-6H2,1-3H3;. The molecule has 0 aromatic heterocycles. The molecular formula is C9H15F9Ge2. The number of hydrogen-bond donors (Lipinski definition) is 0. The quantitative estimate of drug-likeness (QED) is 0.412. The molecule has 0 aliphatic carbocycles. The van der Waals surface area contributed by atoms with Crippen LogP contribution in [0.3, 0.4) is 0 Å². The molecule has 0 aromatic carbocycles. The van der Waals surface area contributed by atoms with Crippen molar-refractivity contribution in [2.45, 2.75) is 51.6 Å². The van der Waals surface area contributed by atoms with Crippen molar-refractivity contribution in [3.05, 3.63) is 0 Å². The summed E-state index contributed by atoms with van der Waals surface area (Å²) in [6, 6.07) is 0. The van der Waals surface area contributed by atoms with E-state index in [2.05, 4.69) is 20.8 Å². The van der Waals surface area contributed by atoms with Gasteiger partial charge in [0.2, 0.25) is 0 Å². The van der Waals surface area contributed by atoms with Crippen LogP contribution in [0, 0.1) is 0 Å². The van der Waals surface area contributed by atoms with E-state index < -0.39 is 43.7 Å². The first-order chi connectivity index (χ1) is 8.71. The Kier molecular flexibility index (Phi) is 9.99. The Balaban J connectivity index is 0. The molecule has 0 atom stereocenters. The second-order valence-corrected chi connectivity index (χ2v) is 16.4. The average molecular weight is 439 g/mol. The van der Waals surface area contributed by atoms with Crippen LogP contribution in [-0.2, 0) is 0 Å². The van der Waals surface area contributed by atoms with Gasteiger partial charge in [-0.25, -0.2) is 0 Å². The topological polar surface area (TPSA) is 0 Å². The van der Waals surface area contributed by atoms with Crippen LogP contribution in [0.25, 0.3) is 0 Å². The van der Waals surface area contributed by atoms with Gasteiger partial charge in [0.05, 0.1) is 0 Å². The van der Waals surface area contributed by atoms with Crippen LogP contribution in [0.1, 0.15) is 20.8 Å². The van der Waals surface area contributed by atoms with Gasteiger partial charge in [-0.3, -0.25) is 0 Å². The fourth-order valence-corrected chi connectivity index (χ4v) is 6.40. The average Bonchev–Trinajstić information content (AvgIpc) is 2.13. The fourth-order valence-electron chi connectivity index (χ4n) is 1.23. The normalized spacial score (nSPS) is 13.5. The van der Waals surface area contributed by atoms with Gasteiger partial charge in [-0.05, 0) is 0 Å². The second kappa shape index (κ2) is 8.79. The molecule has 0 aliphatic heterocycles. The maximum absolute atomic E-state index is 11.3. The van der Waals surface area contributed by atoms with Crippen molar-refractivity contribution >= 4 is 28.7 Å². The molecule has 20 heavy (non-hydrogen) atoms. The third kappa shape index (κ3) is 9.40. The second-order valence-electron chi connectivity index (χ2n) is 3.68. The summed E-state index contributed by atoms with van der Waals surface area (Å²) in [6.45, 7) is 7.01. The maximum atomic E-state index is 11.3. The Bertz CT molecular complexity index is 213. The summed E-state index contributed by atoms with van der Waals surface area (Å²) >= 11 is -7.51. The van der Waals surface area contributed by atoms with Gasteiger partial charge in [-0.2, -0.15) is 0 Å². The van der Waals surface area contributed by atoms with Gasteiger partial charge in [0, 0.05) is 0 Å². The summed E-state index contributed by atoms with van der Waals surface area (Å²) in [4.78, 5) is 0. The van der Waals surface area contributed by atoms with Gasteiger partial charge >= 0.3 is 120 Å². The molecule has 0 saturated carbocycles. The first-order valence-corrected chi connectivity index (χ1v) is 13.2. The van der Waals surface area contributed by atoms with E-state index in [1.54, 1.807) is 0 Å².